The molecule has 0 amide bonds. The molecule has 0 spiro atoms. The predicted octanol–water partition coefficient (Wildman–Crippen LogP) is 14.8. The third kappa shape index (κ3) is 50.3. The molecule has 0 N–H and O–H groups in total. The van der Waals surface area contributed by atoms with E-state index in [1.165, 1.54) is 57.8 Å². The number of hydrogen-bond donors (Lipinski definition) is 0. The van der Waals surface area contributed by atoms with E-state index in [0.29, 0.717) is 24.1 Å². The summed E-state index contributed by atoms with van der Waals surface area (Å²) in [5.41, 5.74) is 0. The molecule has 0 heterocycles. The maximum atomic E-state index is 12.7. The SMILES string of the molecule is CC/C=C\C/C=C\C/C=C\C/C=C\CCCCCCCCCCC(=O)OC(COCCCCCCCCC/C=C\C/C=C\C/C=C\C/C=C\CC)COP(=O)([O-])OCC[N+](C)(C)C. The minimum absolute atomic E-state index is 0.0164. The Bertz CT molecular complexity index is 1320. The number of carbonyl (C=O) groups is 1. The van der Waals surface area contributed by atoms with Gasteiger partial charge in [-0.3, -0.25) is 9.36 Å². The van der Waals surface area contributed by atoms with Crippen molar-refractivity contribution in [3.05, 3.63) is 97.2 Å². The smallest absolute Gasteiger partial charge is 0.306 e. The van der Waals surface area contributed by atoms with Crippen LogP contribution in [0.5, 0.6) is 0 Å². The Labute approximate surface area is 387 Å². The molecule has 0 rings (SSSR count). The van der Waals surface area contributed by atoms with E-state index in [4.69, 9.17) is 18.5 Å². The van der Waals surface area contributed by atoms with E-state index in [1.807, 2.05) is 21.1 Å². The van der Waals surface area contributed by atoms with Crippen LogP contribution in [-0.4, -0.2) is 70.7 Å². The van der Waals surface area contributed by atoms with Crippen LogP contribution in [0.4, 0.5) is 0 Å². The monoisotopic (exact) mass is 900 g/mol. The number of nitrogens with zero attached hydrogens (tertiary/aromatic N) is 1. The molecule has 0 saturated carbocycles. The lowest BCUT2D eigenvalue weighted by Gasteiger charge is -2.28. The average molecular weight is 900 g/mol. The first-order valence-corrected chi connectivity index (χ1v) is 26.4. The van der Waals surface area contributed by atoms with E-state index in [9.17, 15) is 14.3 Å². The number of unbranched alkanes of at least 4 members (excludes halogenated alkanes) is 15. The normalized spacial score (nSPS) is 14.4. The highest BCUT2D eigenvalue weighted by Gasteiger charge is 2.20. The lowest BCUT2D eigenvalue weighted by molar-refractivity contribution is -0.870. The fourth-order valence-corrected chi connectivity index (χ4v) is 7.08. The van der Waals surface area contributed by atoms with Crippen LogP contribution in [0, 0.1) is 0 Å². The Hall–Kier alpha value is -2.58. The molecule has 0 bridgehead atoms. The standard InChI is InChI=1S/C54H94NO7P/c1-6-8-10-12-14-16-18-20-22-24-26-28-29-31-33-35-37-39-41-43-45-47-54(56)62-53(52-61-63(57,58)60-50-48-55(3,4)5)51-59-49-46-44-42-40-38-36-34-32-30-27-25-23-21-19-17-15-13-11-9-7-2/h8-11,14-17,20-23,26-28,30,53H,6-7,12-13,18-19,24-25,29,31-52H2,1-5H3/b10-8-,11-9-,16-14-,17-15-,22-20-,23-21-,28-26-,30-27-. The number of hydrogen-bond acceptors (Lipinski definition) is 7. The minimum Gasteiger partial charge on any atom is -0.756 e. The molecule has 0 radical (unpaired) electrons. The molecule has 2 atom stereocenters. The van der Waals surface area contributed by atoms with Gasteiger partial charge in [-0.1, -0.05) is 182 Å². The second-order valence-corrected chi connectivity index (χ2v) is 18.8. The summed E-state index contributed by atoms with van der Waals surface area (Å²) in [4.78, 5) is 25.2. The first-order valence-electron chi connectivity index (χ1n) is 25.0. The largest absolute Gasteiger partial charge is 0.756 e. The van der Waals surface area contributed by atoms with E-state index in [1.54, 1.807) is 0 Å². The van der Waals surface area contributed by atoms with E-state index in [2.05, 4.69) is 111 Å². The summed E-state index contributed by atoms with van der Waals surface area (Å²) in [6.45, 7) is 5.13. The number of rotatable bonds is 45. The van der Waals surface area contributed by atoms with Gasteiger partial charge in [0.15, 0.2) is 0 Å². The molecule has 63 heavy (non-hydrogen) atoms. The van der Waals surface area contributed by atoms with Crippen molar-refractivity contribution in [2.45, 2.75) is 187 Å². The van der Waals surface area contributed by atoms with Crippen LogP contribution in [0.2, 0.25) is 0 Å². The molecule has 0 aromatic carbocycles. The van der Waals surface area contributed by atoms with Gasteiger partial charge in [-0.2, -0.15) is 0 Å². The second-order valence-electron chi connectivity index (χ2n) is 17.4. The average Bonchev–Trinajstić information content (AvgIpc) is 3.24. The lowest BCUT2D eigenvalue weighted by atomic mass is 10.1. The highest BCUT2D eigenvalue weighted by molar-refractivity contribution is 7.45. The Morgan fingerprint density at radius 2 is 0.873 bits per heavy atom. The van der Waals surface area contributed by atoms with Crippen LogP contribution in [0.25, 0.3) is 0 Å². The van der Waals surface area contributed by atoms with Crippen molar-refractivity contribution in [1.82, 2.24) is 0 Å². The van der Waals surface area contributed by atoms with Crippen LogP contribution in [0.3, 0.4) is 0 Å². The van der Waals surface area contributed by atoms with Gasteiger partial charge < -0.3 is 27.9 Å². The van der Waals surface area contributed by atoms with Crippen LogP contribution in [0.15, 0.2) is 97.2 Å². The number of esters is 1. The second kappa shape index (κ2) is 46.0. The van der Waals surface area contributed by atoms with Gasteiger partial charge in [0.2, 0.25) is 0 Å². The Morgan fingerprint density at radius 3 is 1.30 bits per heavy atom. The summed E-state index contributed by atoms with van der Waals surface area (Å²) in [7, 11) is 1.33. The summed E-state index contributed by atoms with van der Waals surface area (Å²) in [5.74, 6) is -0.350. The maximum Gasteiger partial charge on any atom is 0.306 e. The Morgan fingerprint density at radius 1 is 0.492 bits per heavy atom. The quantitative estimate of drug-likeness (QED) is 0.0197. The van der Waals surface area contributed by atoms with Crippen LogP contribution >= 0.6 is 7.82 Å². The Kier molecular flexibility index (Phi) is 44.1. The van der Waals surface area contributed by atoms with E-state index in [0.717, 1.165) is 103 Å². The van der Waals surface area contributed by atoms with Gasteiger partial charge in [0.05, 0.1) is 34.4 Å². The van der Waals surface area contributed by atoms with Gasteiger partial charge in [0, 0.05) is 13.0 Å². The predicted molar refractivity (Wildman–Crippen MR) is 268 cm³/mol. The third-order valence-electron chi connectivity index (χ3n) is 10.1. The molecule has 362 valence electrons. The topological polar surface area (TPSA) is 94.1 Å². The molecule has 0 saturated heterocycles. The summed E-state index contributed by atoms with van der Waals surface area (Å²) in [5, 5.41) is 0. The number of allylic oxidation sites excluding steroid dienone is 16. The fourth-order valence-electron chi connectivity index (χ4n) is 6.35. The van der Waals surface area contributed by atoms with Crippen molar-refractivity contribution in [2.75, 3.05) is 54.1 Å². The zero-order valence-corrected chi connectivity index (χ0v) is 41.9. The molecule has 0 fully saturated rings. The summed E-state index contributed by atoms with van der Waals surface area (Å²) in [6, 6.07) is 0. The fraction of sp³-hybridized carbons (Fsp3) is 0.685. The van der Waals surface area contributed by atoms with Crippen molar-refractivity contribution < 1.29 is 37.3 Å². The molecule has 0 aromatic heterocycles. The molecule has 0 aliphatic rings. The zero-order chi connectivity index (χ0) is 46.2. The third-order valence-corrected chi connectivity index (χ3v) is 11.1. The minimum atomic E-state index is -4.54. The van der Waals surface area contributed by atoms with Gasteiger partial charge in [-0.05, 0) is 89.9 Å². The van der Waals surface area contributed by atoms with E-state index in [-0.39, 0.29) is 25.8 Å². The molecule has 9 heteroatoms. The highest BCUT2D eigenvalue weighted by Crippen LogP contribution is 2.38. The van der Waals surface area contributed by atoms with E-state index < -0.39 is 13.9 Å². The molecule has 8 nitrogen and oxygen atoms in total. The maximum absolute atomic E-state index is 12.7. The highest BCUT2D eigenvalue weighted by atomic mass is 31.2. The Balaban J connectivity index is 4.22. The van der Waals surface area contributed by atoms with Gasteiger partial charge in [-0.15, -0.1) is 0 Å². The van der Waals surface area contributed by atoms with Crippen LogP contribution < -0.4 is 4.89 Å². The van der Waals surface area contributed by atoms with Crippen molar-refractivity contribution in [3.63, 3.8) is 0 Å². The molecular formula is C54H94NO7P. The first-order chi connectivity index (χ1) is 30.6. The number of phosphoric acid groups is 1. The van der Waals surface area contributed by atoms with Crippen molar-refractivity contribution in [2.24, 2.45) is 0 Å². The molecule has 0 aliphatic carbocycles. The number of quaternary nitrogens is 1. The first kappa shape index (κ1) is 60.4. The van der Waals surface area contributed by atoms with Gasteiger partial charge in [0.1, 0.15) is 19.3 Å². The van der Waals surface area contributed by atoms with Crippen molar-refractivity contribution in [1.29, 1.82) is 0 Å². The summed E-state index contributed by atoms with van der Waals surface area (Å²) in [6.07, 6.45) is 62.8. The molecule has 0 aliphatic heterocycles. The van der Waals surface area contributed by atoms with Gasteiger partial charge in [0.25, 0.3) is 7.82 Å². The van der Waals surface area contributed by atoms with Crippen LogP contribution in [0.1, 0.15) is 181 Å². The van der Waals surface area contributed by atoms with Crippen LogP contribution in [-0.2, 0) is 27.9 Å². The molecule has 2 unspecified atom stereocenters. The zero-order valence-electron chi connectivity index (χ0n) is 41.0. The molecule has 0 aromatic rings. The van der Waals surface area contributed by atoms with Crippen molar-refractivity contribution in [3.8, 4) is 0 Å². The van der Waals surface area contributed by atoms with E-state index >= 15 is 0 Å². The summed E-state index contributed by atoms with van der Waals surface area (Å²) >= 11 is 0. The number of carbonyl (C=O) groups excluding carboxylic acids is 1. The lowest BCUT2D eigenvalue weighted by Crippen LogP contribution is -2.37. The number of likely N-dealkylation sites (N-methyl/N-ethyl adjacent to an activating group) is 1. The summed E-state index contributed by atoms with van der Waals surface area (Å²) < 4.78 is 34.7. The van der Waals surface area contributed by atoms with Gasteiger partial charge in [-0.25, -0.2) is 0 Å². The number of phosphoric ester groups is 1. The number of ether oxygens (including phenoxy) is 2. The van der Waals surface area contributed by atoms with Gasteiger partial charge >= 0.3 is 5.97 Å². The van der Waals surface area contributed by atoms with Crippen molar-refractivity contribution >= 4 is 13.8 Å². The molecular weight excluding hydrogens is 806 g/mol.